The second kappa shape index (κ2) is 6.97. The van der Waals surface area contributed by atoms with E-state index in [0.717, 1.165) is 15.8 Å². The van der Waals surface area contributed by atoms with Crippen LogP contribution in [0.25, 0.3) is 22.1 Å². The number of nitrogen functional groups attached to an aromatic ring is 1. The Morgan fingerprint density at radius 2 is 2.03 bits per heavy atom. The van der Waals surface area contributed by atoms with E-state index >= 15 is 0 Å². The quantitative estimate of drug-likeness (QED) is 0.303. The van der Waals surface area contributed by atoms with Crippen molar-refractivity contribution in [2.24, 2.45) is 0 Å². The van der Waals surface area contributed by atoms with Crippen molar-refractivity contribution in [3.63, 3.8) is 0 Å². The molecule has 3 aromatic heterocycles. The van der Waals surface area contributed by atoms with Gasteiger partial charge in [0, 0.05) is 22.0 Å². The third-order valence-electron chi connectivity index (χ3n) is 4.97. The smallest absolute Gasteiger partial charge is 0.196 e. The molecule has 2 unspecified atom stereocenters. The van der Waals surface area contributed by atoms with Gasteiger partial charge in [-0.05, 0) is 17.8 Å². The molecule has 0 bridgehead atoms. The molecule has 0 amide bonds. The number of rotatable bonds is 4. The minimum absolute atomic E-state index is 0.197. The average Bonchev–Trinajstić information content (AvgIpc) is 3.40. The summed E-state index contributed by atoms with van der Waals surface area (Å²) in [6.45, 7) is -0.417. The van der Waals surface area contributed by atoms with Gasteiger partial charge in [-0.2, -0.15) is 0 Å². The highest BCUT2D eigenvalue weighted by molar-refractivity contribution is 7.99. The molecule has 1 aromatic carbocycles. The maximum atomic E-state index is 10.3. The normalized spacial score (nSPS) is 24.7. The molecule has 10 nitrogen and oxygen atoms in total. The predicted octanol–water partition coefficient (Wildman–Crippen LogP) is 0.652. The first-order valence-corrected chi connectivity index (χ1v) is 9.75. The number of aliphatic hydroxyl groups excluding tert-OH is 3. The number of hydrogen-bond acceptors (Lipinski definition) is 9. The molecule has 0 radical (unpaired) electrons. The lowest BCUT2D eigenvalue weighted by Gasteiger charge is -2.16. The zero-order chi connectivity index (χ0) is 20.1. The van der Waals surface area contributed by atoms with E-state index in [4.69, 9.17) is 10.5 Å². The van der Waals surface area contributed by atoms with Crippen LogP contribution in [0, 0.1) is 0 Å². The first kappa shape index (κ1) is 18.3. The Balaban J connectivity index is 1.55. The van der Waals surface area contributed by atoms with Gasteiger partial charge >= 0.3 is 0 Å². The van der Waals surface area contributed by atoms with E-state index in [0.29, 0.717) is 16.3 Å². The standard InChI is InChI=1S/C18H18N6O4S/c19-15-12-16(24(7-21-12)17-14(27)13(26)10(6-25)28-17)23-18(22-15)29-11-5-20-9-4-2-1-3-8(9)11/h1-5,7,10,13-14,17,20,25-27H,6H2,(H2,19,22,23)/t10-,13?,14?,17-/m1/s1. The molecule has 11 heteroatoms. The Kier molecular flexibility index (Phi) is 4.41. The van der Waals surface area contributed by atoms with Crippen molar-refractivity contribution in [3.8, 4) is 0 Å². The molecule has 0 aliphatic carbocycles. The van der Waals surface area contributed by atoms with Crippen LogP contribution in [0.5, 0.6) is 0 Å². The zero-order valence-corrected chi connectivity index (χ0v) is 15.8. The van der Waals surface area contributed by atoms with Gasteiger partial charge in [-0.1, -0.05) is 18.2 Å². The fourth-order valence-corrected chi connectivity index (χ4v) is 4.37. The van der Waals surface area contributed by atoms with Gasteiger partial charge in [-0.3, -0.25) is 4.57 Å². The van der Waals surface area contributed by atoms with Gasteiger partial charge in [0.25, 0.3) is 0 Å². The molecular weight excluding hydrogens is 396 g/mol. The molecule has 4 heterocycles. The monoisotopic (exact) mass is 414 g/mol. The number of para-hydroxylation sites is 1. The highest BCUT2D eigenvalue weighted by Crippen LogP contribution is 2.35. The number of aromatic nitrogens is 5. The largest absolute Gasteiger partial charge is 0.394 e. The Labute approximate surface area is 168 Å². The van der Waals surface area contributed by atoms with Crippen LogP contribution in [0.4, 0.5) is 5.82 Å². The van der Waals surface area contributed by atoms with Crippen molar-refractivity contribution in [1.29, 1.82) is 0 Å². The van der Waals surface area contributed by atoms with Gasteiger partial charge < -0.3 is 30.8 Å². The number of nitrogens with one attached hydrogen (secondary N) is 1. The number of imidazole rings is 1. The summed E-state index contributed by atoms with van der Waals surface area (Å²) in [5, 5.41) is 31.2. The first-order chi connectivity index (χ1) is 14.1. The van der Waals surface area contributed by atoms with E-state index in [-0.39, 0.29) is 5.82 Å². The Hall–Kier alpha value is -2.70. The summed E-state index contributed by atoms with van der Waals surface area (Å²) in [7, 11) is 0. The van der Waals surface area contributed by atoms with Gasteiger partial charge in [-0.15, -0.1) is 0 Å². The van der Waals surface area contributed by atoms with Crippen molar-refractivity contribution < 1.29 is 20.1 Å². The van der Waals surface area contributed by atoms with Crippen LogP contribution in [-0.2, 0) is 4.74 Å². The summed E-state index contributed by atoms with van der Waals surface area (Å²) in [6, 6.07) is 7.89. The number of nitrogens with two attached hydrogens (primary N) is 1. The maximum Gasteiger partial charge on any atom is 0.196 e. The first-order valence-electron chi connectivity index (χ1n) is 8.93. The number of ether oxygens (including phenoxy) is 1. The Morgan fingerprint density at radius 3 is 2.83 bits per heavy atom. The minimum atomic E-state index is -1.24. The average molecular weight is 414 g/mol. The highest BCUT2D eigenvalue weighted by atomic mass is 32.2. The summed E-state index contributed by atoms with van der Waals surface area (Å²) in [4.78, 5) is 17.3. The van der Waals surface area contributed by atoms with E-state index in [1.165, 1.54) is 22.7 Å². The summed E-state index contributed by atoms with van der Waals surface area (Å²) in [5.74, 6) is 0.197. The van der Waals surface area contributed by atoms with E-state index in [1.54, 1.807) is 0 Å². The number of hydrogen-bond donors (Lipinski definition) is 5. The number of benzene rings is 1. The van der Waals surface area contributed by atoms with Gasteiger partial charge in [0.1, 0.15) is 23.8 Å². The topological polar surface area (TPSA) is 155 Å². The molecular formula is C18H18N6O4S. The van der Waals surface area contributed by atoms with Gasteiger partial charge in [0.15, 0.2) is 22.8 Å². The van der Waals surface area contributed by atoms with Crippen LogP contribution < -0.4 is 5.73 Å². The molecule has 1 fully saturated rings. The number of nitrogens with zero attached hydrogens (tertiary/aromatic N) is 4. The van der Waals surface area contributed by atoms with Crippen LogP contribution in [0.2, 0.25) is 0 Å². The maximum absolute atomic E-state index is 10.3. The van der Waals surface area contributed by atoms with Crippen LogP contribution in [0.15, 0.2) is 46.8 Å². The fourth-order valence-electron chi connectivity index (χ4n) is 3.49. The molecule has 1 aliphatic rings. The lowest BCUT2D eigenvalue weighted by molar-refractivity contribution is -0.0511. The van der Waals surface area contributed by atoms with Crippen LogP contribution in [0.3, 0.4) is 0 Å². The Bertz CT molecular complexity index is 1190. The lowest BCUT2D eigenvalue weighted by atomic mass is 10.1. The van der Waals surface area contributed by atoms with E-state index in [9.17, 15) is 15.3 Å². The molecule has 4 atom stereocenters. The molecule has 6 N–H and O–H groups in total. The molecule has 0 saturated carbocycles. The van der Waals surface area contributed by atoms with Gasteiger partial charge in [0.2, 0.25) is 0 Å². The number of H-pyrrole nitrogens is 1. The minimum Gasteiger partial charge on any atom is -0.394 e. The number of anilines is 1. The third kappa shape index (κ3) is 2.94. The molecule has 1 aliphatic heterocycles. The lowest BCUT2D eigenvalue weighted by Crippen LogP contribution is -2.33. The summed E-state index contributed by atoms with van der Waals surface area (Å²) in [5.41, 5.74) is 7.82. The number of aromatic amines is 1. The van der Waals surface area contributed by atoms with E-state index in [2.05, 4.69) is 19.9 Å². The van der Waals surface area contributed by atoms with Crippen LogP contribution in [0.1, 0.15) is 6.23 Å². The van der Waals surface area contributed by atoms with Crippen molar-refractivity contribution in [3.05, 3.63) is 36.8 Å². The molecule has 4 aromatic rings. The van der Waals surface area contributed by atoms with Crippen molar-refractivity contribution in [2.75, 3.05) is 12.3 Å². The summed E-state index contributed by atoms with van der Waals surface area (Å²) >= 11 is 1.35. The highest BCUT2D eigenvalue weighted by Gasteiger charge is 2.44. The molecule has 29 heavy (non-hydrogen) atoms. The van der Waals surface area contributed by atoms with Crippen LogP contribution in [-0.4, -0.2) is 64.7 Å². The summed E-state index contributed by atoms with van der Waals surface area (Å²) < 4.78 is 7.09. The zero-order valence-electron chi connectivity index (χ0n) is 15.0. The fraction of sp³-hybridized carbons (Fsp3) is 0.278. The van der Waals surface area contributed by atoms with Crippen LogP contribution >= 0.6 is 11.8 Å². The second-order valence-corrected chi connectivity index (χ2v) is 7.75. The van der Waals surface area contributed by atoms with Crippen molar-refractivity contribution >= 4 is 39.6 Å². The SMILES string of the molecule is Nc1nc(Sc2c[nH]c3ccccc23)nc2c1ncn2[C@@H]1O[C@H](CO)C(O)C1O. The van der Waals surface area contributed by atoms with E-state index < -0.39 is 31.1 Å². The second-order valence-electron chi connectivity index (χ2n) is 6.74. The number of fused-ring (bicyclic) bond motifs is 2. The molecule has 150 valence electrons. The number of aliphatic hydroxyl groups is 3. The van der Waals surface area contributed by atoms with Crippen molar-refractivity contribution in [2.45, 2.75) is 34.6 Å². The van der Waals surface area contributed by atoms with Gasteiger partial charge in [0.05, 0.1) is 12.9 Å². The van der Waals surface area contributed by atoms with E-state index in [1.807, 2.05) is 30.5 Å². The predicted molar refractivity (Wildman–Crippen MR) is 105 cm³/mol. The molecule has 1 saturated heterocycles. The summed E-state index contributed by atoms with van der Waals surface area (Å²) in [6.07, 6.45) is -1.01. The van der Waals surface area contributed by atoms with Crippen molar-refractivity contribution in [1.82, 2.24) is 24.5 Å². The molecule has 5 rings (SSSR count). The molecule has 0 spiro atoms. The van der Waals surface area contributed by atoms with Gasteiger partial charge in [-0.25, -0.2) is 15.0 Å². The third-order valence-corrected chi connectivity index (χ3v) is 5.89. The Morgan fingerprint density at radius 1 is 1.21 bits per heavy atom.